The maximum absolute atomic E-state index is 14.0. The van der Waals surface area contributed by atoms with Crippen molar-refractivity contribution in [1.82, 2.24) is 0 Å². The van der Waals surface area contributed by atoms with Crippen LogP contribution in [-0.4, -0.2) is 174 Å². The first-order chi connectivity index (χ1) is 30.7. The topological polar surface area (TPSA) is 292 Å². The molecule has 7 fully saturated rings. The lowest BCUT2D eigenvalue weighted by molar-refractivity contribution is -0.395. The van der Waals surface area contributed by atoms with Crippen LogP contribution in [0, 0.1) is 50.2 Å². The second-order valence-corrected chi connectivity index (χ2v) is 23.4. The van der Waals surface area contributed by atoms with Gasteiger partial charge < -0.3 is 84.3 Å². The van der Waals surface area contributed by atoms with Crippen molar-refractivity contribution in [1.29, 1.82) is 0 Å². The third-order valence-electron chi connectivity index (χ3n) is 19.1. The van der Waals surface area contributed by atoms with Crippen LogP contribution < -0.4 is 0 Å². The molecule has 0 aromatic carbocycles. The van der Waals surface area contributed by atoms with Gasteiger partial charge >= 0.3 is 5.97 Å². The van der Waals surface area contributed by atoms with Crippen LogP contribution in [0.2, 0.25) is 0 Å². The molecule has 8 rings (SSSR count). The van der Waals surface area contributed by atoms with Crippen LogP contribution in [0.25, 0.3) is 0 Å². The van der Waals surface area contributed by atoms with Gasteiger partial charge in [0, 0.05) is 10.8 Å². The molecular weight excluding hydrogens is 865 g/mol. The summed E-state index contributed by atoms with van der Waals surface area (Å²) < 4.78 is 36.2. The molecule has 4 saturated carbocycles. The lowest BCUT2D eigenvalue weighted by atomic mass is 9.32. The third kappa shape index (κ3) is 7.70. The maximum atomic E-state index is 14.0. The number of aldehydes is 1. The molecule has 0 aromatic rings. The molecule has 3 aliphatic heterocycles. The molecule has 66 heavy (non-hydrogen) atoms. The van der Waals surface area contributed by atoms with Crippen molar-refractivity contribution in [3.05, 3.63) is 11.6 Å². The summed E-state index contributed by atoms with van der Waals surface area (Å²) in [5.74, 6) is -1.46. The van der Waals surface area contributed by atoms with Crippen LogP contribution in [-0.2, 0) is 38.0 Å². The largest absolute Gasteiger partial charge is 0.479 e. The highest BCUT2D eigenvalue weighted by Crippen LogP contribution is 2.76. The highest BCUT2D eigenvalue weighted by Gasteiger charge is 2.71. The molecule has 5 aliphatic carbocycles. The Morgan fingerprint density at radius 2 is 1.32 bits per heavy atom. The van der Waals surface area contributed by atoms with Gasteiger partial charge in [-0.2, -0.15) is 0 Å². The Bertz CT molecular complexity index is 1840. The fourth-order valence-corrected chi connectivity index (χ4v) is 15.0. The molecule has 3 saturated heterocycles. The van der Waals surface area contributed by atoms with Gasteiger partial charge in [-0.05, 0) is 104 Å². The summed E-state index contributed by atoms with van der Waals surface area (Å²) in [7, 11) is 0. The molecule has 0 amide bonds. The van der Waals surface area contributed by atoms with E-state index in [0.717, 1.165) is 38.5 Å². The number of allylic oxidation sites excluding steroid dienone is 1. The van der Waals surface area contributed by atoms with Gasteiger partial charge in [-0.25, -0.2) is 4.79 Å². The van der Waals surface area contributed by atoms with E-state index in [9.17, 15) is 60.7 Å². The van der Waals surface area contributed by atoms with Crippen molar-refractivity contribution in [2.75, 3.05) is 6.61 Å². The smallest absolute Gasteiger partial charge is 0.335 e. The first kappa shape index (κ1) is 50.7. The van der Waals surface area contributed by atoms with Gasteiger partial charge in [-0.1, -0.05) is 60.1 Å². The minimum atomic E-state index is -2.06. The number of carboxylic acids is 1. The Morgan fingerprint density at radius 1 is 0.682 bits per heavy atom. The van der Waals surface area contributed by atoms with Crippen molar-refractivity contribution in [3.63, 3.8) is 0 Å². The number of aliphatic hydroxyl groups excluding tert-OH is 9. The van der Waals surface area contributed by atoms with E-state index in [0.29, 0.717) is 19.3 Å². The van der Waals surface area contributed by atoms with Crippen molar-refractivity contribution in [2.24, 2.45) is 50.2 Å². The van der Waals surface area contributed by atoms with Crippen molar-refractivity contribution in [3.8, 4) is 0 Å². The molecule has 24 atom stereocenters. The number of hydrogen-bond donors (Lipinski definition) is 10. The molecule has 24 unspecified atom stereocenters. The lowest BCUT2D eigenvalue weighted by Crippen LogP contribution is -2.69. The fourth-order valence-electron chi connectivity index (χ4n) is 15.0. The number of fused-ring (bicyclic) bond motifs is 7. The van der Waals surface area contributed by atoms with Crippen LogP contribution in [0.3, 0.4) is 0 Å². The SMILES string of the molecule is CC1OC(OC2C(OC3C(OC4CCC5(C=O)C(CCC6(C)C5CCC5C7=CC(C)(C)CC(O)C7(C)CCC56C)C4(C)C)OC(C(=O)O)C(O)C3O)OC(CO)C(O)C2O)C(O)C(O)C1O. The summed E-state index contributed by atoms with van der Waals surface area (Å²) in [5.41, 5.74) is -0.852. The van der Waals surface area contributed by atoms with E-state index in [1.54, 1.807) is 0 Å². The van der Waals surface area contributed by atoms with Gasteiger partial charge in [0.05, 0.1) is 24.9 Å². The summed E-state index contributed by atoms with van der Waals surface area (Å²) >= 11 is 0. The normalized spacial score (nSPS) is 54.4. The number of rotatable bonds is 9. The number of ether oxygens (including phenoxy) is 6. The Balaban J connectivity index is 1.07. The molecule has 0 bridgehead atoms. The summed E-state index contributed by atoms with van der Waals surface area (Å²) in [5, 5.41) is 108. The Kier molecular flexibility index (Phi) is 13.5. The van der Waals surface area contributed by atoms with Crippen LogP contribution in [0.5, 0.6) is 0 Å². The third-order valence-corrected chi connectivity index (χ3v) is 19.1. The zero-order chi connectivity index (χ0) is 48.4. The highest BCUT2D eigenvalue weighted by molar-refractivity contribution is 5.73. The Hall–Kier alpha value is -1.72. The predicted molar refractivity (Wildman–Crippen MR) is 230 cm³/mol. The van der Waals surface area contributed by atoms with Crippen LogP contribution in [0.15, 0.2) is 11.6 Å². The van der Waals surface area contributed by atoms with Crippen LogP contribution >= 0.6 is 0 Å². The quantitative estimate of drug-likeness (QED) is 0.0873. The maximum Gasteiger partial charge on any atom is 0.335 e. The second-order valence-electron chi connectivity index (χ2n) is 23.4. The van der Waals surface area contributed by atoms with E-state index in [4.69, 9.17) is 28.4 Å². The number of carbonyl (C=O) groups excluding carboxylic acids is 1. The first-order valence-electron chi connectivity index (χ1n) is 24.1. The molecule has 8 aliphatic rings. The monoisotopic (exact) mass is 941 g/mol. The second kappa shape index (κ2) is 17.5. The van der Waals surface area contributed by atoms with E-state index >= 15 is 0 Å². The summed E-state index contributed by atoms with van der Waals surface area (Å²) in [4.78, 5) is 26.5. The molecule has 0 spiro atoms. The summed E-state index contributed by atoms with van der Waals surface area (Å²) in [6.07, 6.45) is -17.1. The molecule has 10 N–H and O–H groups in total. The van der Waals surface area contributed by atoms with E-state index in [-0.39, 0.29) is 39.4 Å². The standard InChI is InChI=1S/C48H76O18/c1-21-29(52)31(54)35(58)40(61-21)65-37-32(55)30(53)24(19-49)62-41(37)66-38-34(57)33(56)36(39(59)60)64-42(38)63-28-12-14-48(20-50)25(44(28,4)5)11-13-47(8)26(48)10-9-22-23-17-43(2,3)18-27(51)45(23,6)15-16-46(22,47)7/h17,20-22,24-38,40-42,49,51-58H,9-16,18-19H2,1-8H3,(H,59,60). The van der Waals surface area contributed by atoms with Gasteiger partial charge in [0.15, 0.2) is 25.0 Å². The molecule has 376 valence electrons. The average molecular weight is 941 g/mol. The van der Waals surface area contributed by atoms with Crippen molar-refractivity contribution < 1.29 is 89.1 Å². The Labute approximate surface area is 386 Å². The van der Waals surface area contributed by atoms with Gasteiger partial charge in [0.25, 0.3) is 0 Å². The molecule has 18 heteroatoms. The molecule has 0 radical (unpaired) electrons. The number of carbonyl (C=O) groups is 2. The van der Waals surface area contributed by atoms with Crippen LogP contribution in [0.1, 0.15) is 113 Å². The zero-order valence-corrected chi connectivity index (χ0v) is 39.5. The van der Waals surface area contributed by atoms with Gasteiger partial charge in [-0.15, -0.1) is 0 Å². The van der Waals surface area contributed by atoms with E-state index < -0.39 is 128 Å². The minimum Gasteiger partial charge on any atom is -0.479 e. The van der Waals surface area contributed by atoms with Crippen molar-refractivity contribution in [2.45, 2.75) is 218 Å². The van der Waals surface area contributed by atoms with Crippen LogP contribution in [0.4, 0.5) is 0 Å². The summed E-state index contributed by atoms with van der Waals surface area (Å²) in [6.45, 7) is 16.1. The molecule has 0 aromatic heterocycles. The zero-order valence-electron chi connectivity index (χ0n) is 39.5. The molecular formula is C48H76O18. The minimum absolute atomic E-state index is 0.0465. The number of aliphatic hydroxyl groups is 9. The van der Waals surface area contributed by atoms with Gasteiger partial charge in [0.2, 0.25) is 0 Å². The highest BCUT2D eigenvalue weighted by atomic mass is 16.8. The van der Waals surface area contributed by atoms with E-state index in [2.05, 4.69) is 40.7 Å². The predicted octanol–water partition coefficient (Wildman–Crippen LogP) is 0.911. The number of hydrogen-bond acceptors (Lipinski definition) is 17. The van der Waals surface area contributed by atoms with Crippen molar-refractivity contribution >= 4 is 12.3 Å². The lowest BCUT2D eigenvalue weighted by Gasteiger charge is -2.72. The van der Waals surface area contributed by atoms with Gasteiger partial charge in [0.1, 0.15) is 67.3 Å². The first-order valence-corrected chi connectivity index (χ1v) is 24.1. The van der Waals surface area contributed by atoms with E-state index in [1.165, 1.54) is 18.8 Å². The molecule has 3 heterocycles. The number of aliphatic carboxylic acids is 1. The van der Waals surface area contributed by atoms with Gasteiger partial charge in [-0.3, -0.25) is 0 Å². The summed E-state index contributed by atoms with van der Waals surface area (Å²) in [6, 6.07) is 0. The average Bonchev–Trinajstić information content (AvgIpc) is 3.25. The van der Waals surface area contributed by atoms with E-state index in [1.807, 2.05) is 13.8 Å². The fraction of sp³-hybridized carbons (Fsp3) is 0.917. The number of carboxylic acid groups (broad SMARTS) is 1. The Morgan fingerprint density at radius 3 is 1.95 bits per heavy atom. The molecule has 18 nitrogen and oxygen atoms in total.